The number of ether oxygens (including phenoxy) is 1. The fraction of sp³-hybridized carbons (Fsp3) is 0.647. The first-order valence-corrected chi connectivity index (χ1v) is 7.96. The van der Waals surface area contributed by atoms with Crippen molar-refractivity contribution in [1.82, 2.24) is 4.90 Å². The van der Waals surface area contributed by atoms with Gasteiger partial charge in [0.1, 0.15) is 5.75 Å². The van der Waals surface area contributed by atoms with E-state index in [-0.39, 0.29) is 6.10 Å². The molecule has 1 heterocycles. The number of benzene rings is 1. The molecule has 2 N–H and O–H groups in total. The van der Waals surface area contributed by atoms with Crippen molar-refractivity contribution in [2.75, 3.05) is 19.6 Å². The second-order valence-corrected chi connectivity index (χ2v) is 5.82. The highest BCUT2D eigenvalue weighted by atomic mass is 16.5. The lowest BCUT2D eigenvalue weighted by Crippen LogP contribution is -2.29. The predicted octanol–water partition coefficient (Wildman–Crippen LogP) is 3.18. The molecule has 1 unspecified atom stereocenters. The molecule has 0 amide bonds. The van der Waals surface area contributed by atoms with Gasteiger partial charge in [-0.1, -0.05) is 25.0 Å². The summed E-state index contributed by atoms with van der Waals surface area (Å²) in [6.07, 6.45) is 6.85. The van der Waals surface area contributed by atoms with Crippen LogP contribution in [0.1, 0.15) is 44.6 Å². The number of likely N-dealkylation sites (tertiary alicyclic amines) is 1. The van der Waals surface area contributed by atoms with Crippen LogP contribution in [-0.4, -0.2) is 30.6 Å². The summed E-state index contributed by atoms with van der Waals surface area (Å²) in [7, 11) is 0. The van der Waals surface area contributed by atoms with Crippen LogP contribution >= 0.6 is 0 Å². The van der Waals surface area contributed by atoms with Gasteiger partial charge in [0, 0.05) is 13.1 Å². The lowest BCUT2D eigenvalue weighted by Gasteiger charge is -2.22. The standard InChI is InChI=1S/C17H28N2O/c1-15(9-12-19-10-4-2-3-5-11-19)20-17-8-6-7-16(13-17)14-18/h6-8,13,15H,2-5,9-12,14,18H2,1H3. The van der Waals surface area contributed by atoms with Crippen LogP contribution in [0.5, 0.6) is 5.75 Å². The minimum atomic E-state index is 0.256. The minimum absolute atomic E-state index is 0.256. The van der Waals surface area contributed by atoms with Gasteiger partial charge < -0.3 is 15.4 Å². The molecule has 1 aliphatic rings. The zero-order valence-electron chi connectivity index (χ0n) is 12.7. The maximum atomic E-state index is 6.00. The van der Waals surface area contributed by atoms with Crippen molar-refractivity contribution in [2.45, 2.75) is 51.7 Å². The van der Waals surface area contributed by atoms with Crippen molar-refractivity contribution < 1.29 is 4.74 Å². The Morgan fingerprint density at radius 2 is 1.95 bits per heavy atom. The Morgan fingerprint density at radius 3 is 2.65 bits per heavy atom. The van der Waals surface area contributed by atoms with Crippen molar-refractivity contribution >= 4 is 0 Å². The highest BCUT2D eigenvalue weighted by molar-refractivity contribution is 5.28. The van der Waals surface area contributed by atoms with Gasteiger partial charge in [-0.25, -0.2) is 0 Å². The van der Waals surface area contributed by atoms with E-state index in [9.17, 15) is 0 Å². The third-order valence-electron chi connectivity index (χ3n) is 4.02. The second kappa shape index (κ2) is 8.28. The maximum Gasteiger partial charge on any atom is 0.120 e. The van der Waals surface area contributed by atoms with Gasteiger partial charge in [0.05, 0.1) is 6.10 Å². The number of hydrogen-bond acceptors (Lipinski definition) is 3. The van der Waals surface area contributed by atoms with Crippen molar-refractivity contribution in [2.24, 2.45) is 5.73 Å². The molecule has 0 aliphatic carbocycles. The van der Waals surface area contributed by atoms with E-state index in [1.54, 1.807) is 0 Å². The minimum Gasteiger partial charge on any atom is -0.491 e. The van der Waals surface area contributed by atoms with Gasteiger partial charge in [0.25, 0.3) is 0 Å². The lowest BCUT2D eigenvalue weighted by atomic mass is 10.2. The lowest BCUT2D eigenvalue weighted by molar-refractivity contribution is 0.178. The Bertz CT molecular complexity index is 386. The van der Waals surface area contributed by atoms with Gasteiger partial charge in [0.2, 0.25) is 0 Å². The molecule has 2 rings (SSSR count). The van der Waals surface area contributed by atoms with Crippen LogP contribution < -0.4 is 10.5 Å². The normalized spacial score (nSPS) is 18.5. The molecule has 1 atom stereocenters. The number of rotatable bonds is 6. The fourth-order valence-electron chi connectivity index (χ4n) is 2.76. The Morgan fingerprint density at radius 1 is 1.20 bits per heavy atom. The van der Waals surface area contributed by atoms with E-state index < -0.39 is 0 Å². The summed E-state index contributed by atoms with van der Waals surface area (Å²) in [5.74, 6) is 0.941. The van der Waals surface area contributed by atoms with Crippen molar-refractivity contribution in [3.63, 3.8) is 0 Å². The van der Waals surface area contributed by atoms with E-state index in [0.29, 0.717) is 6.54 Å². The first-order chi connectivity index (χ1) is 9.78. The van der Waals surface area contributed by atoms with E-state index >= 15 is 0 Å². The van der Waals surface area contributed by atoms with Crippen LogP contribution in [-0.2, 0) is 6.54 Å². The molecule has 0 saturated carbocycles. The van der Waals surface area contributed by atoms with Gasteiger partial charge in [-0.05, 0) is 57.0 Å². The summed E-state index contributed by atoms with van der Waals surface area (Å²) >= 11 is 0. The molecule has 0 bridgehead atoms. The van der Waals surface area contributed by atoms with Crippen LogP contribution in [0.3, 0.4) is 0 Å². The van der Waals surface area contributed by atoms with E-state index in [4.69, 9.17) is 10.5 Å². The van der Waals surface area contributed by atoms with Gasteiger partial charge >= 0.3 is 0 Å². The van der Waals surface area contributed by atoms with Gasteiger partial charge in [0.15, 0.2) is 0 Å². The zero-order valence-corrected chi connectivity index (χ0v) is 12.7. The Labute approximate surface area is 123 Å². The number of hydrogen-bond donors (Lipinski definition) is 1. The second-order valence-electron chi connectivity index (χ2n) is 5.82. The molecule has 20 heavy (non-hydrogen) atoms. The Balaban J connectivity index is 1.75. The molecule has 0 spiro atoms. The van der Waals surface area contributed by atoms with Crippen molar-refractivity contribution in [1.29, 1.82) is 0 Å². The molecular formula is C17H28N2O. The van der Waals surface area contributed by atoms with Gasteiger partial charge in [-0.15, -0.1) is 0 Å². The Kier molecular flexibility index (Phi) is 6.34. The highest BCUT2D eigenvalue weighted by Crippen LogP contribution is 2.16. The summed E-state index contributed by atoms with van der Waals surface area (Å²) in [5.41, 5.74) is 6.79. The smallest absolute Gasteiger partial charge is 0.120 e. The summed E-state index contributed by atoms with van der Waals surface area (Å²) < 4.78 is 6.00. The van der Waals surface area contributed by atoms with Crippen LogP contribution in [0, 0.1) is 0 Å². The van der Waals surface area contributed by atoms with Crippen molar-refractivity contribution in [3.05, 3.63) is 29.8 Å². The molecule has 3 heteroatoms. The monoisotopic (exact) mass is 276 g/mol. The molecule has 3 nitrogen and oxygen atoms in total. The molecule has 1 aromatic carbocycles. The molecule has 1 aromatic rings. The summed E-state index contributed by atoms with van der Waals surface area (Å²) in [6.45, 7) is 6.40. The largest absolute Gasteiger partial charge is 0.491 e. The van der Waals surface area contributed by atoms with Crippen molar-refractivity contribution in [3.8, 4) is 5.75 Å². The molecule has 1 fully saturated rings. The van der Waals surface area contributed by atoms with Gasteiger partial charge in [-0.2, -0.15) is 0 Å². The average Bonchev–Trinajstić information content (AvgIpc) is 2.74. The molecule has 1 aliphatic heterocycles. The molecular weight excluding hydrogens is 248 g/mol. The van der Waals surface area contributed by atoms with Crippen LogP contribution in [0.25, 0.3) is 0 Å². The summed E-state index contributed by atoms with van der Waals surface area (Å²) in [5, 5.41) is 0. The van der Waals surface area contributed by atoms with Crippen LogP contribution in [0.2, 0.25) is 0 Å². The van der Waals surface area contributed by atoms with Gasteiger partial charge in [-0.3, -0.25) is 0 Å². The van der Waals surface area contributed by atoms with E-state index in [1.165, 1.54) is 38.8 Å². The summed E-state index contributed by atoms with van der Waals surface area (Å²) in [6, 6.07) is 8.11. The molecule has 112 valence electrons. The summed E-state index contributed by atoms with van der Waals surface area (Å²) in [4.78, 5) is 2.59. The molecule has 1 saturated heterocycles. The average molecular weight is 276 g/mol. The maximum absolute atomic E-state index is 6.00. The van der Waals surface area contributed by atoms with Crippen LogP contribution in [0.15, 0.2) is 24.3 Å². The van der Waals surface area contributed by atoms with E-state index in [2.05, 4.69) is 11.8 Å². The topological polar surface area (TPSA) is 38.5 Å². The Hall–Kier alpha value is -1.06. The van der Waals surface area contributed by atoms with E-state index in [0.717, 1.165) is 24.3 Å². The van der Waals surface area contributed by atoms with Crippen LogP contribution in [0.4, 0.5) is 0 Å². The number of nitrogens with zero attached hydrogens (tertiary/aromatic N) is 1. The highest BCUT2D eigenvalue weighted by Gasteiger charge is 2.11. The quantitative estimate of drug-likeness (QED) is 0.867. The SMILES string of the molecule is CC(CCN1CCCCCC1)Oc1cccc(CN)c1. The third kappa shape index (κ3) is 5.14. The fourth-order valence-corrected chi connectivity index (χ4v) is 2.76. The molecule has 0 aromatic heterocycles. The zero-order chi connectivity index (χ0) is 14.2. The first-order valence-electron chi connectivity index (χ1n) is 7.96. The predicted molar refractivity (Wildman–Crippen MR) is 83.9 cm³/mol. The number of nitrogens with two attached hydrogens (primary N) is 1. The molecule has 0 radical (unpaired) electrons. The first kappa shape index (κ1) is 15.3. The third-order valence-corrected chi connectivity index (χ3v) is 4.02. The van der Waals surface area contributed by atoms with E-state index in [1.807, 2.05) is 24.3 Å².